The van der Waals surface area contributed by atoms with Gasteiger partial charge in [-0.2, -0.15) is 4.31 Å². The Kier molecular flexibility index (Phi) is 4.02. The molecule has 0 aliphatic carbocycles. The van der Waals surface area contributed by atoms with Crippen LogP contribution in [0, 0.1) is 5.82 Å². The number of rotatable bonds is 2. The van der Waals surface area contributed by atoms with Crippen LogP contribution in [-0.4, -0.2) is 37.9 Å². The molecule has 19 heavy (non-hydrogen) atoms. The average molecular weight is 351 g/mol. The van der Waals surface area contributed by atoms with Crippen molar-refractivity contribution in [1.29, 1.82) is 0 Å². The van der Waals surface area contributed by atoms with Gasteiger partial charge < -0.3 is 5.32 Å². The van der Waals surface area contributed by atoms with E-state index in [0.717, 1.165) is 6.07 Å². The molecule has 0 aromatic heterocycles. The second-order valence-corrected chi connectivity index (χ2v) is 7.86. The summed E-state index contributed by atoms with van der Waals surface area (Å²) >= 11 is 3.02. The van der Waals surface area contributed by atoms with E-state index in [0.29, 0.717) is 19.6 Å². The highest BCUT2D eigenvalue weighted by atomic mass is 79.9. The molecule has 0 radical (unpaired) electrons. The van der Waals surface area contributed by atoms with Crippen LogP contribution in [0.4, 0.5) is 4.39 Å². The van der Waals surface area contributed by atoms with Gasteiger partial charge in [0.1, 0.15) is 5.82 Å². The molecule has 0 atom stereocenters. The topological polar surface area (TPSA) is 49.4 Å². The number of sulfonamides is 1. The lowest BCUT2D eigenvalue weighted by Crippen LogP contribution is -2.59. The van der Waals surface area contributed by atoms with Crippen molar-refractivity contribution in [3.05, 3.63) is 28.5 Å². The second-order valence-electron chi connectivity index (χ2n) is 5.14. The number of hydrogen-bond acceptors (Lipinski definition) is 3. The summed E-state index contributed by atoms with van der Waals surface area (Å²) in [4.78, 5) is -0.0109. The molecule has 1 aliphatic heterocycles. The Bertz CT molecular complexity index is 589. The summed E-state index contributed by atoms with van der Waals surface area (Å²) < 4.78 is 40.4. The Morgan fingerprint density at radius 2 is 2.11 bits per heavy atom. The van der Waals surface area contributed by atoms with Gasteiger partial charge in [0.2, 0.25) is 10.0 Å². The molecular formula is C12H16BrFN2O2S. The van der Waals surface area contributed by atoms with E-state index in [4.69, 9.17) is 0 Å². The Morgan fingerprint density at radius 1 is 1.42 bits per heavy atom. The first-order chi connectivity index (χ1) is 8.75. The third kappa shape index (κ3) is 2.84. The summed E-state index contributed by atoms with van der Waals surface area (Å²) in [5, 5.41) is 3.16. The van der Waals surface area contributed by atoms with Crippen LogP contribution >= 0.6 is 15.9 Å². The molecule has 1 fully saturated rings. The van der Waals surface area contributed by atoms with Gasteiger partial charge in [-0.3, -0.25) is 0 Å². The zero-order valence-electron chi connectivity index (χ0n) is 10.8. The molecule has 7 heteroatoms. The first-order valence-electron chi connectivity index (χ1n) is 5.94. The molecule has 1 saturated heterocycles. The van der Waals surface area contributed by atoms with Crippen LogP contribution in [0.5, 0.6) is 0 Å². The fraction of sp³-hybridized carbons (Fsp3) is 0.500. The number of piperazine rings is 1. The van der Waals surface area contributed by atoms with E-state index in [9.17, 15) is 12.8 Å². The van der Waals surface area contributed by atoms with Gasteiger partial charge in [0.25, 0.3) is 0 Å². The maximum Gasteiger partial charge on any atom is 0.243 e. The van der Waals surface area contributed by atoms with Crippen LogP contribution in [0.2, 0.25) is 0 Å². The van der Waals surface area contributed by atoms with Gasteiger partial charge in [0.05, 0.1) is 9.37 Å². The standard InChI is InChI=1S/C12H16BrFN2O2S/c1-12(2)8-15-5-6-16(12)19(17,18)9-3-4-10(13)11(14)7-9/h3-4,7,15H,5-6,8H2,1-2H3. The van der Waals surface area contributed by atoms with Crippen molar-refractivity contribution >= 4 is 26.0 Å². The second kappa shape index (κ2) is 5.12. The van der Waals surface area contributed by atoms with Crippen molar-refractivity contribution in [1.82, 2.24) is 9.62 Å². The van der Waals surface area contributed by atoms with Crippen molar-refractivity contribution in [2.75, 3.05) is 19.6 Å². The van der Waals surface area contributed by atoms with E-state index in [2.05, 4.69) is 21.2 Å². The van der Waals surface area contributed by atoms with Crippen LogP contribution in [0.3, 0.4) is 0 Å². The Hall–Kier alpha value is -0.500. The zero-order valence-corrected chi connectivity index (χ0v) is 13.2. The summed E-state index contributed by atoms with van der Waals surface area (Å²) in [6, 6.07) is 3.88. The molecule has 1 heterocycles. The third-order valence-electron chi connectivity index (χ3n) is 3.20. The van der Waals surface area contributed by atoms with Crippen molar-refractivity contribution in [2.45, 2.75) is 24.3 Å². The number of hydrogen-bond donors (Lipinski definition) is 1. The molecule has 1 aromatic rings. The van der Waals surface area contributed by atoms with Gasteiger partial charge in [-0.25, -0.2) is 12.8 Å². The molecule has 1 N–H and O–H groups in total. The van der Waals surface area contributed by atoms with Crippen LogP contribution in [0.1, 0.15) is 13.8 Å². The summed E-state index contributed by atoms with van der Waals surface area (Å²) in [6.45, 7) is 5.26. The van der Waals surface area contributed by atoms with Crippen LogP contribution in [0.25, 0.3) is 0 Å². The molecule has 2 rings (SSSR count). The monoisotopic (exact) mass is 350 g/mol. The minimum atomic E-state index is -3.68. The minimum Gasteiger partial charge on any atom is -0.314 e. The lowest BCUT2D eigenvalue weighted by atomic mass is 10.0. The summed E-state index contributed by atoms with van der Waals surface area (Å²) in [6.07, 6.45) is 0. The number of halogens is 2. The summed E-state index contributed by atoms with van der Waals surface area (Å²) in [5.74, 6) is -0.575. The largest absolute Gasteiger partial charge is 0.314 e. The van der Waals surface area contributed by atoms with Crippen molar-refractivity contribution < 1.29 is 12.8 Å². The molecule has 0 saturated carbocycles. The SMILES string of the molecule is CC1(C)CNCCN1S(=O)(=O)c1ccc(Br)c(F)c1. The molecule has 0 bridgehead atoms. The van der Waals surface area contributed by atoms with Crippen LogP contribution in [0.15, 0.2) is 27.6 Å². The molecule has 1 aliphatic rings. The van der Waals surface area contributed by atoms with E-state index < -0.39 is 21.4 Å². The van der Waals surface area contributed by atoms with Crippen molar-refractivity contribution in [3.63, 3.8) is 0 Å². The van der Waals surface area contributed by atoms with E-state index in [1.54, 1.807) is 0 Å². The molecule has 0 unspecified atom stereocenters. The zero-order chi connectivity index (χ0) is 14.3. The average Bonchev–Trinajstić information content (AvgIpc) is 2.31. The maximum absolute atomic E-state index is 13.5. The lowest BCUT2D eigenvalue weighted by Gasteiger charge is -2.41. The molecule has 1 aromatic carbocycles. The fourth-order valence-corrected chi connectivity index (χ4v) is 4.22. The first kappa shape index (κ1) is 14.9. The molecular weight excluding hydrogens is 335 g/mol. The molecule has 0 spiro atoms. The Balaban J connectivity index is 2.44. The number of benzene rings is 1. The molecule has 0 amide bonds. The Labute approximate surface area is 121 Å². The van der Waals surface area contributed by atoms with Crippen molar-refractivity contribution in [3.8, 4) is 0 Å². The van der Waals surface area contributed by atoms with E-state index in [1.807, 2.05) is 13.8 Å². The smallest absolute Gasteiger partial charge is 0.243 e. The van der Waals surface area contributed by atoms with E-state index in [-0.39, 0.29) is 9.37 Å². The Morgan fingerprint density at radius 3 is 2.68 bits per heavy atom. The highest BCUT2D eigenvalue weighted by molar-refractivity contribution is 9.10. The van der Waals surface area contributed by atoms with Gasteiger partial charge >= 0.3 is 0 Å². The van der Waals surface area contributed by atoms with E-state index >= 15 is 0 Å². The maximum atomic E-state index is 13.5. The first-order valence-corrected chi connectivity index (χ1v) is 8.17. The van der Waals surface area contributed by atoms with Gasteiger partial charge in [0.15, 0.2) is 0 Å². The predicted octanol–water partition coefficient (Wildman–Crippen LogP) is 1.96. The highest BCUT2D eigenvalue weighted by Gasteiger charge is 2.39. The third-order valence-corrected chi connectivity index (χ3v) is 5.95. The molecule has 4 nitrogen and oxygen atoms in total. The quantitative estimate of drug-likeness (QED) is 0.886. The normalized spacial score (nSPS) is 20.4. The fourth-order valence-electron chi connectivity index (χ4n) is 2.18. The molecule has 106 valence electrons. The van der Waals surface area contributed by atoms with E-state index in [1.165, 1.54) is 16.4 Å². The summed E-state index contributed by atoms with van der Waals surface area (Å²) in [7, 11) is -3.68. The lowest BCUT2D eigenvalue weighted by molar-refractivity contribution is 0.186. The highest BCUT2D eigenvalue weighted by Crippen LogP contribution is 2.27. The number of nitrogens with one attached hydrogen (secondary N) is 1. The van der Waals surface area contributed by atoms with Gasteiger partial charge in [0, 0.05) is 25.2 Å². The van der Waals surface area contributed by atoms with Crippen LogP contribution < -0.4 is 5.32 Å². The number of nitrogens with zero attached hydrogens (tertiary/aromatic N) is 1. The minimum absolute atomic E-state index is 0.0109. The van der Waals surface area contributed by atoms with Crippen LogP contribution in [-0.2, 0) is 10.0 Å². The van der Waals surface area contributed by atoms with Crippen molar-refractivity contribution in [2.24, 2.45) is 0 Å². The van der Waals surface area contributed by atoms with Gasteiger partial charge in [-0.1, -0.05) is 0 Å². The van der Waals surface area contributed by atoms with Gasteiger partial charge in [-0.05, 0) is 48.0 Å². The predicted molar refractivity (Wildman–Crippen MR) is 74.9 cm³/mol. The van der Waals surface area contributed by atoms with Gasteiger partial charge in [-0.15, -0.1) is 0 Å². The summed E-state index contributed by atoms with van der Waals surface area (Å²) in [5.41, 5.74) is -0.527.